The molecule has 1 aliphatic rings. The average Bonchev–Trinajstić information content (AvgIpc) is 2.57. The molecule has 1 heterocycles. The van der Waals surface area contributed by atoms with Gasteiger partial charge in [0.2, 0.25) is 5.84 Å². The molecule has 0 unspecified atom stereocenters. The topological polar surface area (TPSA) is 58.4 Å². The van der Waals surface area contributed by atoms with Gasteiger partial charge in [-0.25, -0.2) is 4.79 Å². The molecule has 1 aromatic rings. The van der Waals surface area contributed by atoms with E-state index in [4.69, 9.17) is 16.3 Å². The van der Waals surface area contributed by atoms with Crippen molar-refractivity contribution in [2.24, 2.45) is 5.10 Å². The summed E-state index contributed by atoms with van der Waals surface area (Å²) in [5.41, 5.74) is 1.58. The minimum Gasteiger partial charge on any atom is -0.460 e. The number of benzene rings is 1. The highest BCUT2D eigenvalue weighted by Crippen LogP contribution is 2.33. The average molecular weight is 394 g/mol. The number of piperazine rings is 1. The maximum atomic E-state index is 12.9. The number of hydrogen-bond donors (Lipinski definition) is 2. The largest absolute Gasteiger partial charge is 0.460 e. The van der Waals surface area contributed by atoms with E-state index in [9.17, 15) is 18.0 Å². The van der Waals surface area contributed by atoms with Gasteiger partial charge in [0.25, 0.3) is 0 Å². The van der Waals surface area contributed by atoms with Gasteiger partial charge < -0.3 is 14.5 Å². The Morgan fingerprint density at radius 3 is 2.62 bits per heavy atom. The number of quaternary nitrogens is 1. The molecule has 0 spiro atoms. The molecule has 0 amide bonds. The van der Waals surface area contributed by atoms with Crippen molar-refractivity contribution >= 4 is 29.1 Å². The molecule has 26 heavy (non-hydrogen) atoms. The summed E-state index contributed by atoms with van der Waals surface area (Å²) in [7, 11) is 2.04. The molecule has 0 saturated carbocycles. The standard InChI is InChI=1S/C16H20ClF3N4O2/c1-3-26-15(25)14(24-8-6-23(2)7-9-24)22-21-13-10-11(16(18,19)20)4-5-12(13)17/h4-5,10,21H,3,6-9H2,1-2H3/p+1/b22-14+. The molecule has 0 aliphatic carbocycles. The molecule has 0 atom stereocenters. The zero-order chi connectivity index (χ0) is 19.3. The second-order valence-corrected chi connectivity index (χ2v) is 6.31. The molecule has 2 rings (SSSR count). The number of anilines is 1. The maximum absolute atomic E-state index is 12.9. The van der Waals surface area contributed by atoms with Crippen LogP contribution in [-0.4, -0.2) is 56.5 Å². The number of halogens is 4. The maximum Gasteiger partial charge on any atom is 0.416 e. The van der Waals surface area contributed by atoms with Crippen LogP contribution in [0.1, 0.15) is 12.5 Å². The Morgan fingerprint density at radius 1 is 1.38 bits per heavy atom. The first-order chi connectivity index (χ1) is 12.2. The molecule has 0 aromatic heterocycles. The number of hydrogen-bond acceptors (Lipinski definition) is 4. The summed E-state index contributed by atoms with van der Waals surface area (Å²) >= 11 is 5.94. The number of esters is 1. The van der Waals surface area contributed by atoms with Crippen LogP contribution in [0.25, 0.3) is 0 Å². The number of amidine groups is 1. The van der Waals surface area contributed by atoms with E-state index in [0.717, 1.165) is 31.3 Å². The number of likely N-dealkylation sites (N-methyl/N-ethyl adjacent to an activating group) is 1. The normalized spacial score (nSPS) is 16.5. The molecule has 0 radical (unpaired) electrons. The molecular formula is C16H21ClF3N4O2+. The monoisotopic (exact) mass is 393 g/mol. The van der Waals surface area contributed by atoms with E-state index < -0.39 is 17.7 Å². The van der Waals surface area contributed by atoms with Crippen molar-refractivity contribution in [2.75, 3.05) is 45.3 Å². The van der Waals surface area contributed by atoms with Crippen molar-refractivity contribution in [3.05, 3.63) is 28.8 Å². The number of nitrogens with one attached hydrogen (secondary N) is 2. The van der Waals surface area contributed by atoms with Crippen LogP contribution in [0, 0.1) is 0 Å². The van der Waals surface area contributed by atoms with Crippen LogP contribution >= 0.6 is 11.6 Å². The van der Waals surface area contributed by atoms with Gasteiger partial charge in [0.1, 0.15) is 0 Å². The lowest BCUT2D eigenvalue weighted by atomic mass is 10.2. The van der Waals surface area contributed by atoms with Crippen LogP contribution in [0.5, 0.6) is 0 Å². The van der Waals surface area contributed by atoms with Crippen molar-refractivity contribution in [1.82, 2.24) is 4.90 Å². The predicted octanol–water partition coefficient (Wildman–Crippen LogP) is 1.48. The molecule has 1 aliphatic heterocycles. The van der Waals surface area contributed by atoms with Gasteiger partial charge in [0.15, 0.2) is 0 Å². The summed E-state index contributed by atoms with van der Waals surface area (Å²) in [4.78, 5) is 15.3. The fourth-order valence-corrected chi connectivity index (χ4v) is 2.60. The summed E-state index contributed by atoms with van der Waals surface area (Å²) < 4.78 is 43.6. The van der Waals surface area contributed by atoms with Gasteiger partial charge in [0, 0.05) is 0 Å². The van der Waals surface area contributed by atoms with Crippen molar-refractivity contribution in [3.63, 3.8) is 0 Å². The number of carbonyl (C=O) groups is 1. The summed E-state index contributed by atoms with van der Waals surface area (Å²) in [6, 6.07) is 2.86. The fourth-order valence-electron chi connectivity index (χ4n) is 2.44. The van der Waals surface area contributed by atoms with E-state index in [2.05, 4.69) is 10.5 Å². The van der Waals surface area contributed by atoms with E-state index in [-0.39, 0.29) is 23.2 Å². The Kier molecular flexibility index (Phi) is 6.71. The van der Waals surface area contributed by atoms with Crippen molar-refractivity contribution in [2.45, 2.75) is 13.1 Å². The Labute approximate surface area is 154 Å². The lowest BCUT2D eigenvalue weighted by molar-refractivity contribution is -0.883. The van der Waals surface area contributed by atoms with E-state index in [1.54, 1.807) is 11.8 Å². The highest BCUT2D eigenvalue weighted by molar-refractivity contribution is 6.35. The Hall–Kier alpha value is -2.00. The lowest BCUT2D eigenvalue weighted by Crippen LogP contribution is -3.12. The Morgan fingerprint density at radius 2 is 2.04 bits per heavy atom. The highest BCUT2D eigenvalue weighted by atomic mass is 35.5. The first-order valence-electron chi connectivity index (χ1n) is 8.16. The van der Waals surface area contributed by atoms with Gasteiger partial charge in [-0.1, -0.05) is 11.6 Å². The van der Waals surface area contributed by atoms with Gasteiger partial charge in [-0.05, 0) is 25.1 Å². The van der Waals surface area contributed by atoms with Crippen molar-refractivity contribution < 1.29 is 27.6 Å². The van der Waals surface area contributed by atoms with E-state index in [1.165, 1.54) is 4.90 Å². The number of hydrazone groups is 1. The molecule has 1 fully saturated rings. The summed E-state index contributed by atoms with van der Waals surface area (Å²) in [5.74, 6) is -0.615. The number of nitrogens with zero attached hydrogens (tertiary/aromatic N) is 2. The Bertz CT molecular complexity index is 674. The summed E-state index contributed by atoms with van der Waals surface area (Å²) in [6.07, 6.45) is -4.51. The third-order valence-corrected chi connectivity index (χ3v) is 4.28. The lowest BCUT2D eigenvalue weighted by Gasteiger charge is -2.31. The number of rotatable bonds is 3. The number of carbonyl (C=O) groups excluding carboxylic acids is 1. The second-order valence-electron chi connectivity index (χ2n) is 5.90. The molecule has 0 bridgehead atoms. The minimum atomic E-state index is -4.51. The molecule has 1 aromatic carbocycles. The predicted molar refractivity (Wildman–Crippen MR) is 92.3 cm³/mol. The quantitative estimate of drug-likeness (QED) is 0.353. The fraction of sp³-hybridized carbons (Fsp3) is 0.500. The van der Waals surface area contributed by atoms with Crippen molar-refractivity contribution in [3.8, 4) is 0 Å². The molecular weight excluding hydrogens is 373 g/mol. The first-order valence-corrected chi connectivity index (χ1v) is 8.54. The summed E-state index contributed by atoms with van der Waals surface area (Å²) in [6.45, 7) is 4.62. The zero-order valence-electron chi connectivity index (χ0n) is 14.5. The molecule has 10 heteroatoms. The smallest absolute Gasteiger partial charge is 0.416 e. The van der Waals surface area contributed by atoms with Crippen LogP contribution in [-0.2, 0) is 15.7 Å². The van der Waals surface area contributed by atoms with Crippen molar-refractivity contribution in [1.29, 1.82) is 0 Å². The van der Waals surface area contributed by atoms with Gasteiger partial charge in [-0.15, -0.1) is 5.10 Å². The third kappa shape index (κ3) is 5.25. The Balaban J connectivity index is 2.25. The van der Waals surface area contributed by atoms with E-state index in [0.29, 0.717) is 13.1 Å². The van der Waals surface area contributed by atoms with Gasteiger partial charge in [-0.3, -0.25) is 5.43 Å². The van der Waals surface area contributed by atoms with Gasteiger partial charge >= 0.3 is 12.1 Å². The number of ether oxygens (including phenoxy) is 1. The molecule has 6 nitrogen and oxygen atoms in total. The number of alkyl halides is 3. The summed E-state index contributed by atoms with van der Waals surface area (Å²) in [5, 5.41) is 4.06. The minimum absolute atomic E-state index is 0.0211. The highest BCUT2D eigenvalue weighted by Gasteiger charge is 2.31. The van der Waals surface area contributed by atoms with Gasteiger partial charge in [-0.2, -0.15) is 13.2 Å². The van der Waals surface area contributed by atoms with E-state index >= 15 is 0 Å². The zero-order valence-corrected chi connectivity index (χ0v) is 15.2. The van der Waals surface area contributed by atoms with Crippen LogP contribution in [0.4, 0.5) is 18.9 Å². The van der Waals surface area contributed by atoms with E-state index in [1.807, 2.05) is 7.05 Å². The molecule has 2 N–H and O–H groups in total. The molecule has 144 valence electrons. The van der Waals surface area contributed by atoms with Gasteiger partial charge in [0.05, 0.1) is 56.1 Å². The third-order valence-electron chi connectivity index (χ3n) is 3.95. The first kappa shape index (κ1) is 20.3. The van der Waals surface area contributed by atoms with Crippen LogP contribution in [0.2, 0.25) is 5.02 Å². The van der Waals surface area contributed by atoms with Crippen LogP contribution < -0.4 is 10.3 Å². The van der Waals surface area contributed by atoms with Crippen LogP contribution in [0.15, 0.2) is 23.3 Å². The SMILES string of the molecule is CCOC(=O)/C(=N\Nc1cc(C(F)(F)F)ccc1Cl)N1CC[NH+](C)CC1. The second kappa shape index (κ2) is 8.59. The van der Waals surface area contributed by atoms with Crippen LogP contribution in [0.3, 0.4) is 0 Å². The molecule has 1 saturated heterocycles.